The minimum atomic E-state index is -0.224. The van der Waals surface area contributed by atoms with Gasteiger partial charge in [0.05, 0.1) is 12.1 Å². The molecule has 0 amide bonds. The first-order valence-corrected chi connectivity index (χ1v) is 6.34. The molecule has 1 saturated carbocycles. The number of halogens is 1. The van der Waals surface area contributed by atoms with Crippen LogP contribution in [0.2, 0.25) is 5.02 Å². The molecule has 2 N–H and O–H groups in total. The summed E-state index contributed by atoms with van der Waals surface area (Å²) < 4.78 is 0. The molecule has 2 nitrogen and oxygen atoms in total. The lowest BCUT2D eigenvalue weighted by Gasteiger charge is -2.22. The van der Waals surface area contributed by atoms with Crippen molar-refractivity contribution >= 4 is 17.3 Å². The summed E-state index contributed by atoms with van der Waals surface area (Å²) in [6.45, 7) is 0. The molecule has 1 aliphatic rings. The Hall–Kier alpha value is -0.730. The van der Waals surface area contributed by atoms with Crippen LogP contribution >= 0.6 is 11.6 Å². The SMILES string of the molecule is OC1CCCCCC1Nc1ccc(Cl)cc1. The van der Waals surface area contributed by atoms with Crippen molar-refractivity contribution < 1.29 is 5.11 Å². The fourth-order valence-corrected chi connectivity index (χ4v) is 2.34. The zero-order valence-corrected chi connectivity index (χ0v) is 10.1. The normalized spacial score (nSPS) is 26.1. The fourth-order valence-electron chi connectivity index (χ4n) is 2.22. The van der Waals surface area contributed by atoms with Crippen molar-refractivity contribution in [3.05, 3.63) is 29.3 Å². The lowest BCUT2D eigenvalue weighted by molar-refractivity contribution is 0.144. The molecule has 2 atom stereocenters. The van der Waals surface area contributed by atoms with Crippen LogP contribution < -0.4 is 5.32 Å². The van der Waals surface area contributed by atoms with Gasteiger partial charge >= 0.3 is 0 Å². The quantitative estimate of drug-likeness (QED) is 0.775. The molecule has 1 fully saturated rings. The van der Waals surface area contributed by atoms with Crippen LogP contribution in [0.4, 0.5) is 5.69 Å². The van der Waals surface area contributed by atoms with E-state index in [1.165, 1.54) is 12.8 Å². The van der Waals surface area contributed by atoms with Crippen molar-refractivity contribution in [2.45, 2.75) is 44.2 Å². The van der Waals surface area contributed by atoms with E-state index >= 15 is 0 Å². The molecule has 2 rings (SSSR count). The average Bonchev–Trinajstić information content (AvgIpc) is 2.48. The Bertz CT molecular complexity index is 325. The highest BCUT2D eigenvalue weighted by molar-refractivity contribution is 6.30. The molecule has 16 heavy (non-hydrogen) atoms. The number of aliphatic hydroxyl groups excluding tert-OH is 1. The highest BCUT2D eigenvalue weighted by atomic mass is 35.5. The van der Waals surface area contributed by atoms with E-state index in [9.17, 15) is 5.11 Å². The molecule has 1 aromatic carbocycles. The van der Waals surface area contributed by atoms with Crippen LogP contribution in [-0.2, 0) is 0 Å². The second-order valence-electron chi connectivity index (χ2n) is 4.46. The molecule has 3 heteroatoms. The third-order valence-corrected chi connectivity index (χ3v) is 3.43. The van der Waals surface area contributed by atoms with E-state index < -0.39 is 0 Å². The number of hydrogen-bond acceptors (Lipinski definition) is 2. The van der Waals surface area contributed by atoms with Gasteiger partial charge in [0, 0.05) is 10.7 Å². The Morgan fingerprint density at radius 1 is 1.06 bits per heavy atom. The second kappa shape index (κ2) is 5.55. The van der Waals surface area contributed by atoms with Crippen molar-refractivity contribution in [1.29, 1.82) is 0 Å². The van der Waals surface area contributed by atoms with Gasteiger partial charge in [0.2, 0.25) is 0 Å². The number of aliphatic hydroxyl groups is 1. The lowest BCUT2D eigenvalue weighted by Crippen LogP contribution is -2.32. The van der Waals surface area contributed by atoms with Gasteiger partial charge in [-0.1, -0.05) is 30.9 Å². The molecule has 0 saturated heterocycles. The summed E-state index contributed by atoms with van der Waals surface area (Å²) in [5.41, 5.74) is 1.04. The molecule has 1 aliphatic carbocycles. The van der Waals surface area contributed by atoms with Gasteiger partial charge in [0.25, 0.3) is 0 Å². The molecular weight excluding hydrogens is 222 g/mol. The first-order chi connectivity index (χ1) is 7.75. The van der Waals surface area contributed by atoms with Gasteiger partial charge in [-0.25, -0.2) is 0 Å². The Kier molecular flexibility index (Phi) is 4.08. The Morgan fingerprint density at radius 3 is 2.50 bits per heavy atom. The van der Waals surface area contributed by atoms with Gasteiger partial charge in [0.1, 0.15) is 0 Å². The minimum absolute atomic E-state index is 0.184. The van der Waals surface area contributed by atoms with Crippen LogP contribution in [0.5, 0.6) is 0 Å². The predicted molar refractivity (Wildman–Crippen MR) is 68.0 cm³/mol. The van der Waals surface area contributed by atoms with Gasteiger partial charge in [-0.05, 0) is 37.1 Å². The van der Waals surface area contributed by atoms with Gasteiger partial charge in [-0.3, -0.25) is 0 Å². The lowest BCUT2D eigenvalue weighted by atomic mass is 10.1. The number of hydrogen-bond donors (Lipinski definition) is 2. The van der Waals surface area contributed by atoms with E-state index in [-0.39, 0.29) is 12.1 Å². The summed E-state index contributed by atoms with van der Waals surface area (Å²) in [6.07, 6.45) is 5.30. The summed E-state index contributed by atoms with van der Waals surface area (Å²) in [5.74, 6) is 0. The standard InChI is InChI=1S/C13H18ClNO/c14-10-6-8-11(9-7-10)15-12-4-2-1-3-5-13(12)16/h6-9,12-13,15-16H,1-5H2. The molecule has 0 bridgehead atoms. The van der Waals surface area contributed by atoms with E-state index in [1.54, 1.807) is 0 Å². The second-order valence-corrected chi connectivity index (χ2v) is 4.90. The van der Waals surface area contributed by atoms with E-state index in [0.29, 0.717) is 0 Å². The molecule has 0 heterocycles. The van der Waals surface area contributed by atoms with E-state index in [2.05, 4.69) is 5.32 Å². The maximum Gasteiger partial charge on any atom is 0.0741 e. The smallest absolute Gasteiger partial charge is 0.0741 e. The monoisotopic (exact) mass is 239 g/mol. The van der Waals surface area contributed by atoms with Gasteiger partial charge in [-0.15, -0.1) is 0 Å². The van der Waals surface area contributed by atoms with E-state index in [1.807, 2.05) is 24.3 Å². The van der Waals surface area contributed by atoms with Crippen LogP contribution in [0.3, 0.4) is 0 Å². The Balaban J connectivity index is 1.99. The summed E-state index contributed by atoms with van der Waals surface area (Å²) in [4.78, 5) is 0. The number of anilines is 1. The fraction of sp³-hybridized carbons (Fsp3) is 0.538. The molecule has 0 spiro atoms. The maximum absolute atomic E-state index is 9.98. The van der Waals surface area contributed by atoms with Crippen molar-refractivity contribution in [3.8, 4) is 0 Å². The first-order valence-electron chi connectivity index (χ1n) is 5.96. The third-order valence-electron chi connectivity index (χ3n) is 3.18. The molecule has 2 unspecified atom stereocenters. The van der Waals surface area contributed by atoms with Crippen LogP contribution in [0, 0.1) is 0 Å². The molecule has 0 aromatic heterocycles. The summed E-state index contributed by atoms with van der Waals surface area (Å²) >= 11 is 5.83. The summed E-state index contributed by atoms with van der Waals surface area (Å²) in [5, 5.41) is 14.1. The van der Waals surface area contributed by atoms with Crippen molar-refractivity contribution in [3.63, 3.8) is 0 Å². The summed E-state index contributed by atoms with van der Waals surface area (Å²) in [6, 6.07) is 7.84. The van der Waals surface area contributed by atoms with Crippen molar-refractivity contribution in [2.75, 3.05) is 5.32 Å². The van der Waals surface area contributed by atoms with Crippen LogP contribution in [0.15, 0.2) is 24.3 Å². The van der Waals surface area contributed by atoms with E-state index in [4.69, 9.17) is 11.6 Å². The third kappa shape index (κ3) is 3.13. The highest BCUT2D eigenvalue weighted by Crippen LogP contribution is 2.22. The first kappa shape index (κ1) is 11.7. The largest absolute Gasteiger partial charge is 0.391 e. The molecular formula is C13H18ClNO. The molecule has 0 radical (unpaired) electrons. The highest BCUT2D eigenvalue weighted by Gasteiger charge is 2.20. The number of rotatable bonds is 2. The average molecular weight is 240 g/mol. The zero-order valence-electron chi connectivity index (χ0n) is 9.32. The molecule has 0 aliphatic heterocycles. The summed E-state index contributed by atoms with van der Waals surface area (Å²) in [7, 11) is 0. The Labute approximate surface area is 102 Å². The minimum Gasteiger partial charge on any atom is -0.391 e. The van der Waals surface area contributed by atoms with Crippen molar-refractivity contribution in [2.24, 2.45) is 0 Å². The van der Waals surface area contributed by atoms with E-state index in [0.717, 1.165) is 30.0 Å². The van der Waals surface area contributed by atoms with Crippen LogP contribution in [0.1, 0.15) is 32.1 Å². The zero-order chi connectivity index (χ0) is 11.4. The van der Waals surface area contributed by atoms with Crippen LogP contribution in [0.25, 0.3) is 0 Å². The van der Waals surface area contributed by atoms with Gasteiger partial charge < -0.3 is 10.4 Å². The Morgan fingerprint density at radius 2 is 1.75 bits per heavy atom. The maximum atomic E-state index is 9.98. The van der Waals surface area contributed by atoms with Crippen molar-refractivity contribution in [1.82, 2.24) is 0 Å². The molecule has 1 aromatic rings. The predicted octanol–water partition coefficient (Wildman–Crippen LogP) is 3.45. The molecule has 88 valence electrons. The number of nitrogens with one attached hydrogen (secondary N) is 1. The topological polar surface area (TPSA) is 32.3 Å². The van der Waals surface area contributed by atoms with Gasteiger partial charge in [-0.2, -0.15) is 0 Å². The number of benzene rings is 1. The van der Waals surface area contributed by atoms with Gasteiger partial charge in [0.15, 0.2) is 0 Å². The van der Waals surface area contributed by atoms with Crippen LogP contribution in [-0.4, -0.2) is 17.3 Å².